The van der Waals surface area contributed by atoms with E-state index in [1.165, 1.54) is 17.2 Å². The van der Waals surface area contributed by atoms with E-state index in [-0.39, 0.29) is 23.6 Å². The molecule has 0 bridgehead atoms. The Morgan fingerprint density at radius 2 is 2.28 bits per heavy atom. The molecular weight excluding hydrogens is 236 g/mol. The molecule has 0 aliphatic heterocycles. The first-order valence-corrected chi connectivity index (χ1v) is 5.23. The predicted octanol–water partition coefficient (Wildman–Crippen LogP) is 1.07. The SMILES string of the molecule is CN(CC(C)(C)O)c1nccc(C#N)c1[N+](=O)[O-]. The molecule has 1 heterocycles. The monoisotopic (exact) mass is 250 g/mol. The molecule has 1 N–H and O–H groups in total. The predicted molar refractivity (Wildman–Crippen MR) is 65.2 cm³/mol. The number of rotatable bonds is 4. The second kappa shape index (κ2) is 4.98. The molecule has 1 rings (SSSR count). The molecule has 0 atom stereocenters. The molecule has 7 heteroatoms. The summed E-state index contributed by atoms with van der Waals surface area (Å²) in [6.45, 7) is 3.34. The molecule has 0 saturated heterocycles. The van der Waals surface area contributed by atoms with Crippen molar-refractivity contribution in [3.05, 3.63) is 27.9 Å². The summed E-state index contributed by atoms with van der Waals surface area (Å²) in [5.41, 5.74) is -1.41. The van der Waals surface area contributed by atoms with Gasteiger partial charge in [-0.2, -0.15) is 5.26 Å². The average molecular weight is 250 g/mol. The number of pyridine rings is 1. The highest BCUT2D eigenvalue weighted by Gasteiger charge is 2.26. The number of anilines is 1. The lowest BCUT2D eigenvalue weighted by Gasteiger charge is -2.26. The summed E-state index contributed by atoms with van der Waals surface area (Å²) in [6.07, 6.45) is 1.34. The van der Waals surface area contributed by atoms with Gasteiger partial charge in [-0.1, -0.05) is 0 Å². The van der Waals surface area contributed by atoms with Crippen molar-refractivity contribution in [2.45, 2.75) is 19.4 Å². The summed E-state index contributed by atoms with van der Waals surface area (Å²) in [4.78, 5) is 15.7. The van der Waals surface area contributed by atoms with Crippen LogP contribution in [-0.4, -0.2) is 34.2 Å². The van der Waals surface area contributed by atoms with E-state index < -0.39 is 10.5 Å². The lowest BCUT2D eigenvalue weighted by Crippen LogP contribution is -2.37. The van der Waals surface area contributed by atoms with Crippen molar-refractivity contribution >= 4 is 11.5 Å². The molecule has 0 aromatic carbocycles. The third-order valence-electron chi connectivity index (χ3n) is 2.19. The second-order valence-corrected chi connectivity index (χ2v) is 4.57. The normalized spacial score (nSPS) is 10.8. The zero-order valence-electron chi connectivity index (χ0n) is 10.4. The number of hydrogen-bond acceptors (Lipinski definition) is 6. The van der Waals surface area contributed by atoms with Gasteiger partial charge in [-0.25, -0.2) is 4.98 Å². The summed E-state index contributed by atoms with van der Waals surface area (Å²) >= 11 is 0. The fraction of sp³-hybridized carbons (Fsp3) is 0.455. The van der Waals surface area contributed by atoms with Crippen molar-refractivity contribution in [2.75, 3.05) is 18.5 Å². The first-order valence-electron chi connectivity index (χ1n) is 5.23. The van der Waals surface area contributed by atoms with Crippen molar-refractivity contribution < 1.29 is 10.0 Å². The minimum Gasteiger partial charge on any atom is -0.389 e. The zero-order valence-corrected chi connectivity index (χ0v) is 10.4. The Kier molecular flexibility index (Phi) is 3.83. The standard InChI is InChI=1S/C11H14N4O3/c1-11(2,16)7-14(3)10-9(15(17)18)8(6-12)4-5-13-10/h4-5,16H,7H2,1-3H3. The van der Waals surface area contributed by atoms with Crippen LogP contribution in [0.25, 0.3) is 0 Å². The van der Waals surface area contributed by atoms with Gasteiger partial charge in [0.1, 0.15) is 11.6 Å². The Hall–Kier alpha value is -2.20. The minimum absolute atomic E-state index is 0.0485. The number of nitro groups is 1. The maximum Gasteiger partial charge on any atom is 0.329 e. The molecule has 0 saturated carbocycles. The molecule has 0 amide bonds. The van der Waals surface area contributed by atoms with Crippen LogP contribution >= 0.6 is 0 Å². The molecule has 0 aliphatic carbocycles. The number of nitrogens with zero attached hydrogens (tertiary/aromatic N) is 4. The van der Waals surface area contributed by atoms with Crippen LogP contribution in [-0.2, 0) is 0 Å². The highest BCUT2D eigenvalue weighted by molar-refractivity contribution is 5.65. The zero-order chi connectivity index (χ0) is 13.9. The van der Waals surface area contributed by atoms with Gasteiger partial charge in [-0.15, -0.1) is 0 Å². The molecule has 7 nitrogen and oxygen atoms in total. The van der Waals surface area contributed by atoms with Gasteiger partial charge < -0.3 is 10.0 Å². The number of aliphatic hydroxyl groups is 1. The largest absolute Gasteiger partial charge is 0.389 e. The Morgan fingerprint density at radius 3 is 2.72 bits per heavy atom. The number of nitriles is 1. The van der Waals surface area contributed by atoms with E-state index in [2.05, 4.69) is 4.98 Å². The Balaban J connectivity index is 3.25. The Bertz CT molecular complexity index is 502. The lowest BCUT2D eigenvalue weighted by atomic mass is 10.1. The number of likely N-dealkylation sites (N-methyl/N-ethyl adjacent to an activating group) is 1. The van der Waals surface area contributed by atoms with Gasteiger partial charge >= 0.3 is 5.69 Å². The number of aromatic nitrogens is 1. The van der Waals surface area contributed by atoms with Crippen LogP contribution in [0.4, 0.5) is 11.5 Å². The molecule has 0 radical (unpaired) electrons. The lowest BCUT2D eigenvalue weighted by molar-refractivity contribution is -0.384. The molecule has 0 fully saturated rings. The van der Waals surface area contributed by atoms with E-state index in [0.717, 1.165) is 0 Å². The average Bonchev–Trinajstić information content (AvgIpc) is 2.25. The van der Waals surface area contributed by atoms with Crippen molar-refractivity contribution in [3.8, 4) is 6.07 Å². The van der Waals surface area contributed by atoms with Crippen LogP contribution in [0.5, 0.6) is 0 Å². The third-order valence-corrected chi connectivity index (χ3v) is 2.19. The second-order valence-electron chi connectivity index (χ2n) is 4.57. The van der Waals surface area contributed by atoms with Crippen LogP contribution in [0.2, 0.25) is 0 Å². The summed E-state index contributed by atoms with van der Waals surface area (Å²) in [5.74, 6) is 0.0705. The van der Waals surface area contributed by atoms with Crippen LogP contribution < -0.4 is 4.90 Å². The quantitative estimate of drug-likeness (QED) is 0.633. The van der Waals surface area contributed by atoms with Gasteiger partial charge in [0.2, 0.25) is 5.82 Å². The van der Waals surface area contributed by atoms with Gasteiger partial charge in [-0.05, 0) is 19.9 Å². The van der Waals surface area contributed by atoms with Gasteiger partial charge in [-0.3, -0.25) is 10.1 Å². The molecule has 0 spiro atoms. The summed E-state index contributed by atoms with van der Waals surface area (Å²) in [7, 11) is 1.58. The van der Waals surface area contributed by atoms with Crippen LogP contribution in [0.3, 0.4) is 0 Å². The maximum atomic E-state index is 11.0. The van der Waals surface area contributed by atoms with Crippen molar-refractivity contribution in [1.82, 2.24) is 4.98 Å². The van der Waals surface area contributed by atoms with Crippen LogP contribution in [0, 0.1) is 21.4 Å². The van der Waals surface area contributed by atoms with Gasteiger partial charge in [0.25, 0.3) is 0 Å². The summed E-state index contributed by atoms with van der Waals surface area (Å²) < 4.78 is 0. The summed E-state index contributed by atoms with van der Waals surface area (Å²) in [5, 5.41) is 29.6. The van der Waals surface area contributed by atoms with E-state index in [4.69, 9.17) is 5.26 Å². The van der Waals surface area contributed by atoms with Crippen molar-refractivity contribution in [1.29, 1.82) is 5.26 Å². The Morgan fingerprint density at radius 1 is 1.67 bits per heavy atom. The molecule has 18 heavy (non-hydrogen) atoms. The van der Waals surface area contributed by atoms with Gasteiger partial charge in [0.05, 0.1) is 10.5 Å². The fourth-order valence-corrected chi connectivity index (χ4v) is 1.65. The van der Waals surface area contributed by atoms with Gasteiger partial charge in [0, 0.05) is 19.8 Å². The van der Waals surface area contributed by atoms with E-state index in [9.17, 15) is 15.2 Å². The third kappa shape index (κ3) is 3.15. The Labute approximate surface area is 104 Å². The molecular formula is C11H14N4O3. The van der Waals surface area contributed by atoms with E-state index >= 15 is 0 Å². The fourth-order valence-electron chi connectivity index (χ4n) is 1.65. The van der Waals surface area contributed by atoms with Crippen molar-refractivity contribution in [2.24, 2.45) is 0 Å². The molecule has 96 valence electrons. The van der Waals surface area contributed by atoms with Crippen LogP contribution in [0.1, 0.15) is 19.4 Å². The minimum atomic E-state index is -1.02. The summed E-state index contributed by atoms with van der Waals surface area (Å²) in [6, 6.07) is 3.06. The molecule has 1 aromatic heterocycles. The highest BCUT2D eigenvalue weighted by Crippen LogP contribution is 2.28. The first-order chi connectivity index (χ1) is 8.26. The first kappa shape index (κ1) is 13.9. The van der Waals surface area contributed by atoms with E-state index in [1.54, 1.807) is 27.0 Å². The van der Waals surface area contributed by atoms with E-state index in [0.29, 0.717) is 0 Å². The van der Waals surface area contributed by atoms with Crippen LogP contribution in [0.15, 0.2) is 12.3 Å². The molecule has 1 aromatic rings. The molecule has 0 aliphatic rings. The maximum absolute atomic E-state index is 11.0. The highest BCUT2D eigenvalue weighted by atomic mass is 16.6. The van der Waals surface area contributed by atoms with Gasteiger partial charge in [0.15, 0.2) is 0 Å². The number of hydrogen-bond donors (Lipinski definition) is 1. The topological polar surface area (TPSA) is 103 Å². The van der Waals surface area contributed by atoms with Crippen molar-refractivity contribution in [3.63, 3.8) is 0 Å². The van der Waals surface area contributed by atoms with E-state index in [1.807, 2.05) is 0 Å². The molecule has 0 unspecified atom stereocenters. The smallest absolute Gasteiger partial charge is 0.329 e.